The molecule has 0 spiro atoms. The number of anilines is 3. The summed E-state index contributed by atoms with van der Waals surface area (Å²) in [6, 6.07) is 28.8. The van der Waals surface area contributed by atoms with Crippen LogP contribution in [0.3, 0.4) is 0 Å². The van der Waals surface area contributed by atoms with E-state index in [9.17, 15) is 27.6 Å². The molecule has 3 fully saturated rings. The summed E-state index contributed by atoms with van der Waals surface area (Å²) in [5.74, 6) is -1.62. The summed E-state index contributed by atoms with van der Waals surface area (Å²) in [5.41, 5.74) is -6.24. The number of hydrogen-bond acceptors (Lipinski definition) is 16. The molecular weight excluding hydrogens is 1680 g/mol. The molecule has 12 heterocycles. The molecule has 3 saturated heterocycles. The molecule has 0 unspecified atom stereocenters. The van der Waals surface area contributed by atoms with Crippen molar-refractivity contribution in [2.45, 2.75) is 161 Å². The summed E-state index contributed by atoms with van der Waals surface area (Å²) in [7, 11) is -5.82. The predicted molar refractivity (Wildman–Crippen MR) is 490 cm³/mol. The second-order valence-electron chi connectivity index (χ2n) is 39.4. The van der Waals surface area contributed by atoms with Gasteiger partial charge in [-0.25, -0.2) is 32.7 Å². The van der Waals surface area contributed by atoms with Gasteiger partial charge in [0, 0.05) is 175 Å². The van der Waals surface area contributed by atoms with Crippen LogP contribution in [-0.2, 0) is 69.2 Å². The number of halogens is 6. The first-order valence-electron chi connectivity index (χ1n) is 42.4. The van der Waals surface area contributed by atoms with Crippen molar-refractivity contribution in [1.29, 1.82) is 0 Å². The lowest BCUT2D eigenvalue weighted by atomic mass is 9.68. The maximum absolute atomic E-state index is 20.1. The maximum Gasteiger partial charge on any atom is 0.481 e. The molecule has 0 amide bonds. The van der Waals surface area contributed by atoms with E-state index >= 15 is 4.57 Å². The van der Waals surface area contributed by atoms with E-state index in [1.807, 2.05) is 194 Å². The van der Waals surface area contributed by atoms with Gasteiger partial charge in [-0.1, -0.05) is 159 Å². The number of ether oxygens (including phenoxy) is 3. The fourth-order valence-electron chi connectivity index (χ4n) is 19.8. The van der Waals surface area contributed by atoms with Crippen molar-refractivity contribution in [3.63, 3.8) is 0 Å². The lowest BCUT2D eigenvalue weighted by Crippen LogP contribution is -2.61. The van der Waals surface area contributed by atoms with Crippen LogP contribution >= 0.6 is 42.6 Å². The third kappa shape index (κ3) is 17.2. The minimum absolute atomic E-state index is 0.0138. The molecule has 0 bridgehead atoms. The standard InChI is InChI=1S/C96H111Cl3F3N12O10P/c1-88(2,3)94(89(4,5)6,112-58-79(76-49-73(52-103-85(76)112)106-25-31-119-32-26-106)64-19-22-109(82(115)43-64)55-61-37-67(97)46-70(100)40-61)122-125(118,123-95(90(7,8)9,91(10,11)12)113-59-80(77-50-74(53-104-86(77)113)107-27-33-120-34-28-107)65-20-23-110(83(116)44-65)56-62-38-68(98)47-71(101)41-62)124-96(92(13,14)15,93(16,17)18)114-60-81(78-51-75(54-105-87(78)114)108-29-35-121-36-30-108)66-21-24-111(84(117)45-66)57-63-39-69(99)48-72(102)42-63/h19-24,37-54,58-60H,25-36,55-57H2,1-18H3. The largest absolute Gasteiger partial charge is 0.481 e. The number of rotatable bonds is 21. The monoisotopic (exact) mass is 1780 g/mol. The van der Waals surface area contributed by atoms with E-state index in [0.717, 1.165) is 17.1 Å². The van der Waals surface area contributed by atoms with E-state index in [0.29, 0.717) is 162 Å². The van der Waals surface area contributed by atoms with Gasteiger partial charge in [-0.15, -0.1) is 0 Å². The van der Waals surface area contributed by atoms with E-state index < -0.39 is 91.6 Å². The van der Waals surface area contributed by atoms with Crippen molar-refractivity contribution in [2.24, 2.45) is 32.5 Å². The van der Waals surface area contributed by atoms with Crippen LogP contribution in [0.1, 0.15) is 141 Å². The molecule has 0 saturated carbocycles. The molecular formula is C96H111Cl3F3N12O10P. The highest BCUT2D eigenvalue weighted by Crippen LogP contribution is 2.73. The SMILES string of the molecule is CC(C)(C)C(OP(=O)(OC(n1cc(-c2ccn(Cc3cc(F)cc(Cl)c3)c(=O)c2)c2cc(N3CCOCC3)cnc21)(C(C)(C)C)C(C)(C)C)OC(n1cc(-c2ccn(Cc3cc(F)cc(Cl)c3)c(=O)c2)c2cc(N3CCOCC3)cnc21)(C(C)(C)C)C(C)(C)C)(n1cc(-c2ccn(Cc3cc(F)cc(Cl)c3)c(=O)c2)c2cc(N3CCOCC3)cnc21)C(C)(C)C. The number of pyridine rings is 6. The van der Waals surface area contributed by atoms with Crippen molar-refractivity contribution >= 4 is 92.8 Å². The molecule has 662 valence electrons. The summed E-state index contributed by atoms with van der Waals surface area (Å²) in [4.78, 5) is 67.8. The predicted octanol–water partition coefficient (Wildman–Crippen LogP) is 21.0. The molecule has 0 atom stereocenters. The average Bonchev–Trinajstić information content (AvgIpc) is 1.67. The van der Waals surface area contributed by atoms with Crippen LogP contribution < -0.4 is 31.4 Å². The van der Waals surface area contributed by atoms with E-state index in [1.54, 1.807) is 55.0 Å². The number of benzene rings is 3. The molecule has 0 aliphatic carbocycles. The molecule has 29 heteroatoms. The van der Waals surface area contributed by atoms with Gasteiger partial charge in [-0.2, -0.15) is 0 Å². The minimum Gasteiger partial charge on any atom is -0.378 e. The number of aromatic nitrogens is 9. The quantitative estimate of drug-likeness (QED) is 0.0614. The van der Waals surface area contributed by atoms with Gasteiger partial charge < -0.3 is 56.3 Å². The summed E-state index contributed by atoms with van der Waals surface area (Å²) in [5, 5.41) is 2.40. The van der Waals surface area contributed by atoms with E-state index in [-0.39, 0.29) is 34.7 Å². The van der Waals surface area contributed by atoms with Crippen LogP contribution in [-0.4, -0.2) is 121 Å². The zero-order valence-electron chi connectivity index (χ0n) is 74.4. The highest BCUT2D eigenvalue weighted by atomic mass is 35.5. The second-order valence-corrected chi connectivity index (χ2v) is 42.1. The van der Waals surface area contributed by atoms with Crippen molar-refractivity contribution in [3.8, 4) is 33.4 Å². The molecule has 22 nitrogen and oxygen atoms in total. The Bertz CT molecular complexity index is 5650. The zero-order valence-corrected chi connectivity index (χ0v) is 77.5. The lowest BCUT2D eigenvalue weighted by Gasteiger charge is -2.59. The number of morpholine rings is 3. The molecule has 15 rings (SSSR count). The molecule has 0 N–H and O–H groups in total. The van der Waals surface area contributed by atoms with Crippen LogP contribution in [0.5, 0.6) is 0 Å². The Kier molecular flexibility index (Phi) is 24.4. The van der Waals surface area contributed by atoms with Gasteiger partial charge in [-0.3, -0.25) is 28.0 Å². The van der Waals surface area contributed by atoms with Crippen LogP contribution in [0, 0.1) is 49.9 Å². The molecule has 3 aliphatic rings. The molecule has 12 aromatic rings. The third-order valence-corrected chi connectivity index (χ3v) is 26.7. The van der Waals surface area contributed by atoms with Crippen LogP contribution in [0.2, 0.25) is 15.1 Å². The number of hydrogen-bond donors (Lipinski definition) is 0. The number of phosphoric ester groups is 1. The second kappa shape index (κ2) is 33.7. The Morgan fingerprint density at radius 1 is 0.360 bits per heavy atom. The highest BCUT2D eigenvalue weighted by Gasteiger charge is 2.68. The lowest BCUT2D eigenvalue weighted by molar-refractivity contribution is -0.259. The molecule has 0 radical (unpaired) electrons. The smallest absolute Gasteiger partial charge is 0.378 e. The third-order valence-electron chi connectivity index (χ3n) is 24.6. The fraction of sp³-hybridized carbons (Fsp3) is 0.438. The van der Waals surface area contributed by atoms with Crippen molar-refractivity contribution < 1.29 is 45.5 Å². The molecule has 125 heavy (non-hydrogen) atoms. The van der Waals surface area contributed by atoms with Gasteiger partial charge in [0.15, 0.2) is 17.2 Å². The number of phosphoric acid groups is 1. The van der Waals surface area contributed by atoms with Crippen molar-refractivity contribution in [1.82, 2.24) is 42.4 Å². The van der Waals surface area contributed by atoms with E-state index in [1.165, 1.54) is 50.1 Å². The first-order chi connectivity index (χ1) is 58.7. The summed E-state index contributed by atoms with van der Waals surface area (Å²) < 4.78 is 119. The molecule has 3 aliphatic heterocycles. The Morgan fingerprint density at radius 2 is 0.600 bits per heavy atom. The normalized spacial score (nSPS) is 15.5. The Hall–Kier alpha value is -9.37. The minimum atomic E-state index is -5.82. The van der Waals surface area contributed by atoms with Gasteiger partial charge >= 0.3 is 7.82 Å². The first-order valence-corrected chi connectivity index (χ1v) is 45.0. The van der Waals surface area contributed by atoms with Gasteiger partial charge in [0.05, 0.1) is 94.9 Å². The summed E-state index contributed by atoms with van der Waals surface area (Å²) >= 11 is 19.2. The van der Waals surface area contributed by atoms with Gasteiger partial charge in [-0.05, 0) is 124 Å². The van der Waals surface area contributed by atoms with Gasteiger partial charge in [0.1, 0.15) is 34.4 Å². The average molecular weight is 1790 g/mol. The summed E-state index contributed by atoms with van der Waals surface area (Å²) in [6.07, 6.45) is 16.2. The van der Waals surface area contributed by atoms with Gasteiger partial charge in [0.2, 0.25) is 0 Å². The maximum atomic E-state index is 20.1. The Labute approximate surface area is 742 Å². The summed E-state index contributed by atoms with van der Waals surface area (Å²) in [6.45, 7) is 42.6. The zero-order chi connectivity index (χ0) is 89.8. The molecule has 9 aromatic heterocycles. The first kappa shape index (κ1) is 90.4. The Balaban J connectivity index is 1.02. The topological polar surface area (TPSA) is 202 Å². The van der Waals surface area contributed by atoms with Crippen LogP contribution in [0.25, 0.3) is 66.5 Å². The van der Waals surface area contributed by atoms with E-state index in [4.69, 9.17) is 77.5 Å². The number of nitrogens with zero attached hydrogens (tertiary/aromatic N) is 12. The fourth-order valence-corrected chi connectivity index (χ4v) is 23.6. The highest BCUT2D eigenvalue weighted by molar-refractivity contribution is 7.48. The number of fused-ring (bicyclic) bond motifs is 3. The molecule has 3 aromatic carbocycles. The van der Waals surface area contributed by atoms with Crippen LogP contribution in [0.4, 0.5) is 30.2 Å². The van der Waals surface area contributed by atoms with Crippen molar-refractivity contribution in [2.75, 3.05) is 93.6 Å². The van der Waals surface area contributed by atoms with Gasteiger partial charge in [0.25, 0.3) is 16.7 Å². The van der Waals surface area contributed by atoms with Crippen LogP contribution in [0.15, 0.2) is 179 Å². The Morgan fingerprint density at radius 3 is 0.816 bits per heavy atom. The van der Waals surface area contributed by atoms with Crippen molar-refractivity contribution in [3.05, 3.63) is 245 Å². The van der Waals surface area contributed by atoms with E-state index in [2.05, 4.69) is 32.9 Å².